The van der Waals surface area contributed by atoms with Gasteiger partial charge in [-0.1, -0.05) is 110 Å². The molecule has 0 saturated heterocycles. The summed E-state index contributed by atoms with van der Waals surface area (Å²) in [6.45, 7) is 8.46. The maximum Gasteiger partial charge on any atom is 0.344 e. The van der Waals surface area contributed by atoms with Crippen LogP contribution < -0.4 is 0 Å². The van der Waals surface area contributed by atoms with Crippen molar-refractivity contribution in [3.05, 3.63) is 0 Å². The second-order valence-corrected chi connectivity index (χ2v) is 11.0. The van der Waals surface area contributed by atoms with Gasteiger partial charge in [0.05, 0.1) is 19.8 Å². The minimum Gasteiger partial charge on any atom is -0.465 e. The molecule has 0 fully saturated rings. The number of carbonyl (C=O) groups is 1. The summed E-state index contributed by atoms with van der Waals surface area (Å²) in [5, 5.41) is 0. The van der Waals surface area contributed by atoms with Gasteiger partial charge in [-0.05, 0) is 26.7 Å². The standard InChI is InChI=1S/C26H53O5P/c1-5-9-10-11-12-13-14-15-16-17-18-19-20-21-22-23-24-29-26(27)25(6-2)32(28,30-7-3)31-8-4/h25H,5-24H2,1-4H3. The molecule has 1 atom stereocenters. The van der Waals surface area contributed by atoms with Crippen LogP contribution in [-0.4, -0.2) is 31.4 Å². The molecule has 0 aliphatic heterocycles. The van der Waals surface area contributed by atoms with E-state index in [1.807, 2.05) is 6.92 Å². The minimum absolute atomic E-state index is 0.250. The highest BCUT2D eigenvalue weighted by Crippen LogP contribution is 2.54. The summed E-state index contributed by atoms with van der Waals surface area (Å²) in [7, 11) is -3.45. The molecule has 5 nitrogen and oxygen atoms in total. The number of rotatable bonds is 24. The summed E-state index contributed by atoms with van der Waals surface area (Å²) in [6, 6.07) is 0. The molecule has 0 bridgehead atoms. The van der Waals surface area contributed by atoms with Crippen LogP contribution in [0, 0.1) is 0 Å². The van der Waals surface area contributed by atoms with E-state index in [1.165, 1.54) is 89.9 Å². The highest BCUT2D eigenvalue weighted by Gasteiger charge is 2.40. The van der Waals surface area contributed by atoms with Gasteiger partial charge in [-0.25, -0.2) is 0 Å². The average molecular weight is 477 g/mol. The fraction of sp³-hybridized carbons (Fsp3) is 0.962. The van der Waals surface area contributed by atoms with Crippen LogP contribution in [0.4, 0.5) is 0 Å². The highest BCUT2D eigenvalue weighted by atomic mass is 31.2. The van der Waals surface area contributed by atoms with Crippen LogP contribution in [0.1, 0.15) is 137 Å². The normalized spacial score (nSPS) is 12.8. The molecule has 0 N–H and O–H groups in total. The molecule has 32 heavy (non-hydrogen) atoms. The van der Waals surface area contributed by atoms with E-state index in [0.717, 1.165) is 12.8 Å². The Balaban J connectivity index is 3.63. The number of unbranched alkanes of at least 4 members (excludes halogenated alkanes) is 15. The van der Waals surface area contributed by atoms with Gasteiger partial charge in [-0.2, -0.15) is 0 Å². The first-order chi connectivity index (χ1) is 15.6. The van der Waals surface area contributed by atoms with E-state index >= 15 is 0 Å². The van der Waals surface area contributed by atoms with Gasteiger partial charge < -0.3 is 13.8 Å². The number of ether oxygens (including phenoxy) is 1. The fourth-order valence-electron chi connectivity index (χ4n) is 4.02. The van der Waals surface area contributed by atoms with Crippen LogP contribution >= 0.6 is 7.60 Å². The third kappa shape index (κ3) is 16.3. The van der Waals surface area contributed by atoms with Gasteiger partial charge in [-0.3, -0.25) is 9.36 Å². The first-order valence-corrected chi connectivity index (χ1v) is 15.2. The summed E-state index contributed by atoms with van der Waals surface area (Å²) in [4.78, 5) is 12.4. The fourth-order valence-corrected chi connectivity index (χ4v) is 5.95. The number of carbonyl (C=O) groups excluding carboxylic acids is 1. The minimum atomic E-state index is -3.45. The van der Waals surface area contributed by atoms with Crippen molar-refractivity contribution in [1.82, 2.24) is 0 Å². The van der Waals surface area contributed by atoms with Crippen molar-refractivity contribution in [2.75, 3.05) is 19.8 Å². The zero-order chi connectivity index (χ0) is 23.9. The Hall–Kier alpha value is -0.380. The van der Waals surface area contributed by atoms with Crippen LogP contribution in [0.2, 0.25) is 0 Å². The van der Waals surface area contributed by atoms with Crippen molar-refractivity contribution in [2.24, 2.45) is 0 Å². The SMILES string of the molecule is CCCCCCCCCCCCCCCCCCOC(=O)C(CC)P(=O)(OCC)OCC. The first kappa shape index (κ1) is 31.6. The highest BCUT2D eigenvalue weighted by molar-refractivity contribution is 7.55. The zero-order valence-electron chi connectivity index (χ0n) is 21.7. The molecule has 6 heteroatoms. The van der Waals surface area contributed by atoms with E-state index < -0.39 is 19.2 Å². The van der Waals surface area contributed by atoms with Crippen LogP contribution in [0.25, 0.3) is 0 Å². The van der Waals surface area contributed by atoms with Gasteiger partial charge in [0.2, 0.25) is 0 Å². The molecule has 192 valence electrons. The second kappa shape index (κ2) is 22.4. The van der Waals surface area contributed by atoms with E-state index in [2.05, 4.69) is 6.92 Å². The van der Waals surface area contributed by atoms with Crippen LogP contribution in [-0.2, 0) is 23.1 Å². The Morgan fingerprint density at radius 2 is 1.00 bits per heavy atom. The van der Waals surface area contributed by atoms with Gasteiger partial charge >= 0.3 is 13.6 Å². The number of esters is 1. The topological polar surface area (TPSA) is 61.8 Å². The van der Waals surface area contributed by atoms with Crippen molar-refractivity contribution in [3.63, 3.8) is 0 Å². The van der Waals surface area contributed by atoms with Crippen LogP contribution in [0.15, 0.2) is 0 Å². The molecule has 0 rings (SSSR count). The monoisotopic (exact) mass is 476 g/mol. The predicted molar refractivity (Wildman–Crippen MR) is 135 cm³/mol. The van der Waals surface area contributed by atoms with E-state index in [0.29, 0.717) is 13.0 Å². The quantitative estimate of drug-likeness (QED) is 0.0791. The third-order valence-electron chi connectivity index (χ3n) is 5.90. The Morgan fingerprint density at radius 3 is 1.34 bits per heavy atom. The third-order valence-corrected chi connectivity index (χ3v) is 8.48. The summed E-state index contributed by atoms with van der Waals surface area (Å²) in [5.74, 6) is -0.460. The summed E-state index contributed by atoms with van der Waals surface area (Å²) >= 11 is 0. The molecule has 0 aromatic carbocycles. The molecule has 0 aromatic heterocycles. The summed E-state index contributed by atoms with van der Waals surface area (Å²) < 4.78 is 28.8. The summed E-state index contributed by atoms with van der Waals surface area (Å²) in [6.07, 6.45) is 21.4. The predicted octanol–water partition coefficient (Wildman–Crippen LogP) is 8.84. The zero-order valence-corrected chi connectivity index (χ0v) is 22.6. The summed E-state index contributed by atoms with van der Waals surface area (Å²) in [5.41, 5.74) is -0.830. The van der Waals surface area contributed by atoms with Crippen molar-refractivity contribution < 1.29 is 23.1 Å². The Labute approximate surface area is 199 Å². The van der Waals surface area contributed by atoms with Gasteiger partial charge in [-0.15, -0.1) is 0 Å². The van der Waals surface area contributed by atoms with Gasteiger partial charge in [0.15, 0.2) is 5.66 Å². The average Bonchev–Trinajstić information content (AvgIpc) is 2.76. The molecule has 0 aliphatic carbocycles. The first-order valence-electron chi connectivity index (χ1n) is 13.6. The molecule has 0 radical (unpaired) electrons. The molecule has 0 heterocycles. The Morgan fingerprint density at radius 1 is 0.625 bits per heavy atom. The van der Waals surface area contributed by atoms with Gasteiger partial charge in [0.25, 0.3) is 0 Å². The van der Waals surface area contributed by atoms with Crippen LogP contribution in [0.5, 0.6) is 0 Å². The van der Waals surface area contributed by atoms with Crippen LogP contribution in [0.3, 0.4) is 0 Å². The molecular weight excluding hydrogens is 423 g/mol. The van der Waals surface area contributed by atoms with Gasteiger partial charge in [0, 0.05) is 0 Å². The molecule has 0 spiro atoms. The van der Waals surface area contributed by atoms with E-state index in [4.69, 9.17) is 13.8 Å². The van der Waals surface area contributed by atoms with Crippen molar-refractivity contribution >= 4 is 13.6 Å². The van der Waals surface area contributed by atoms with E-state index in [9.17, 15) is 9.36 Å². The molecular formula is C26H53O5P. The van der Waals surface area contributed by atoms with E-state index in [1.54, 1.807) is 13.8 Å². The number of hydrogen-bond donors (Lipinski definition) is 0. The molecule has 0 amide bonds. The lowest BCUT2D eigenvalue weighted by Crippen LogP contribution is -2.25. The maximum atomic E-state index is 12.8. The molecule has 0 saturated carbocycles. The second-order valence-electron chi connectivity index (χ2n) is 8.77. The van der Waals surface area contributed by atoms with Gasteiger partial charge in [0.1, 0.15) is 0 Å². The largest absolute Gasteiger partial charge is 0.465 e. The molecule has 0 aromatic rings. The van der Waals surface area contributed by atoms with E-state index in [-0.39, 0.29) is 13.2 Å². The lowest BCUT2D eigenvalue weighted by atomic mass is 10.0. The van der Waals surface area contributed by atoms with Crippen molar-refractivity contribution in [2.45, 2.75) is 143 Å². The molecule has 1 unspecified atom stereocenters. The Bertz CT molecular complexity index is 459. The lowest BCUT2D eigenvalue weighted by Gasteiger charge is -2.23. The number of hydrogen-bond acceptors (Lipinski definition) is 5. The smallest absolute Gasteiger partial charge is 0.344 e. The van der Waals surface area contributed by atoms with Crippen molar-refractivity contribution in [3.8, 4) is 0 Å². The maximum absolute atomic E-state index is 12.8. The molecule has 0 aliphatic rings. The Kier molecular flexibility index (Phi) is 22.1. The van der Waals surface area contributed by atoms with Crippen molar-refractivity contribution in [1.29, 1.82) is 0 Å². The lowest BCUT2D eigenvalue weighted by molar-refractivity contribution is -0.143.